The number of fused-ring (bicyclic) bond motifs is 1. The van der Waals surface area contributed by atoms with Gasteiger partial charge in [-0.2, -0.15) is 5.26 Å². The van der Waals surface area contributed by atoms with Crippen LogP contribution in [-0.2, 0) is 0 Å². The molecule has 0 atom stereocenters. The van der Waals surface area contributed by atoms with E-state index in [1.807, 2.05) is 6.07 Å². The molecule has 2 rings (SSSR count). The van der Waals surface area contributed by atoms with Gasteiger partial charge in [0.1, 0.15) is 16.6 Å². The topological polar surface area (TPSA) is 89.9 Å². The molecule has 0 fully saturated rings. The van der Waals surface area contributed by atoms with Gasteiger partial charge in [-0.15, -0.1) is 22.7 Å². The fraction of sp³-hybridized carbons (Fsp3) is 0. The van der Waals surface area contributed by atoms with Crippen molar-refractivity contribution in [2.75, 3.05) is 5.73 Å². The first-order valence-electron chi connectivity index (χ1n) is 3.56. The molecule has 0 unspecified atom stereocenters. The number of aromatic carboxylic acids is 1. The molecule has 0 saturated heterocycles. The van der Waals surface area contributed by atoms with Crippen LogP contribution in [0.2, 0.25) is 0 Å². The van der Waals surface area contributed by atoms with Gasteiger partial charge in [0.25, 0.3) is 0 Å². The third kappa shape index (κ3) is 1.14. The van der Waals surface area contributed by atoms with Crippen molar-refractivity contribution in [3.05, 3.63) is 16.5 Å². The fourth-order valence-corrected chi connectivity index (χ4v) is 3.26. The number of carboxylic acids is 1. The molecule has 2 N–H and O–H groups in total. The summed E-state index contributed by atoms with van der Waals surface area (Å²) < 4.78 is 1.36. The van der Waals surface area contributed by atoms with E-state index in [-0.39, 0.29) is 4.88 Å². The first-order chi connectivity index (χ1) is 6.63. The highest BCUT2D eigenvalue weighted by Crippen LogP contribution is 2.38. The van der Waals surface area contributed by atoms with E-state index in [0.29, 0.717) is 15.3 Å². The molecule has 0 aromatic carbocycles. The third-order valence-corrected chi connectivity index (χ3v) is 3.93. The van der Waals surface area contributed by atoms with Gasteiger partial charge in [-0.25, -0.2) is 0 Å². The number of hydrogen-bond donors (Lipinski definition) is 1. The summed E-state index contributed by atoms with van der Waals surface area (Å²) in [5.74, 6) is -1.22. The minimum absolute atomic E-state index is 0.128. The van der Waals surface area contributed by atoms with Gasteiger partial charge in [0.2, 0.25) is 0 Å². The van der Waals surface area contributed by atoms with Gasteiger partial charge >= 0.3 is 0 Å². The molecule has 0 bridgehead atoms. The van der Waals surface area contributed by atoms with E-state index in [9.17, 15) is 9.90 Å². The van der Waals surface area contributed by atoms with E-state index in [4.69, 9.17) is 11.0 Å². The zero-order valence-corrected chi connectivity index (χ0v) is 8.37. The summed E-state index contributed by atoms with van der Waals surface area (Å²) in [4.78, 5) is 10.7. The molecule has 14 heavy (non-hydrogen) atoms. The second kappa shape index (κ2) is 2.97. The summed E-state index contributed by atoms with van der Waals surface area (Å²) in [6.45, 7) is 0. The quantitative estimate of drug-likeness (QED) is 0.773. The van der Waals surface area contributed by atoms with Crippen molar-refractivity contribution in [1.82, 2.24) is 0 Å². The lowest BCUT2D eigenvalue weighted by Crippen LogP contribution is -2.20. The van der Waals surface area contributed by atoms with Crippen LogP contribution in [0.4, 0.5) is 5.00 Å². The monoisotopic (exact) mass is 223 g/mol. The van der Waals surface area contributed by atoms with Crippen molar-refractivity contribution in [3.63, 3.8) is 0 Å². The molecular formula is C8H3N2O2S2-. The van der Waals surface area contributed by atoms with Gasteiger partial charge in [0.05, 0.1) is 15.5 Å². The van der Waals surface area contributed by atoms with Gasteiger partial charge in [0.15, 0.2) is 0 Å². The number of nitrogen functional groups attached to an aromatic ring is 1. The molecular weight excluding hydrogens is 220 g/mol. The van der Waals surface area contributed by atoms with Crippen molar-refractivity contribution >= 4 is 43.0 Å². The van der Waals surface area contributed by atoms with Crippen LogP contribution >= 0.6 is 22.7 Å². The number of nitriles is 1. The Morgan fingerprint density at radius 2 is 2.29 bits per heavy atom. The van der Waals surface area contributed by atoms with Crippen LogP contribution in [0.5, 0.6) is 0 Å². The number of carboxylic acid groups (broad SMARTS) is 1. The van der Waals surface area contributed by atoms with Crippen molar-refractivity contribution in [2.45, 2.75) is 0 Å². The average Bonchev–Trinajstić information content (AvgIpc) is 2.60. The Hall–Kier alpha value is -1.58. The number of carbonyl (C=O) groups excluding carboxylic acids is 1. The summed E-state index contributed by atoms with van der Waals surface area (Å²) in [5, 5.41) is 19.7. The Kier molecular flexibility index (Phi) is 1.91. The van der Waals surface area contributed by atoms with E-state index >= 15 is 0 Å². The lowest BCUT2D eigenvalue weighted by molar-refractivity contribution is -0.254. The highest BCUT2D eigenvalue weighted by atomic mass is 32.1. The van der Waals surface area contributed by atoms with Gasteiger partial charge in [-0.05, 0) is 6.07 Å². The lowest BCUT2D eigenvalue weighted by atomic mass is 10.3. The molecule has 4 nitrogen and oxygen atoms in total. The van der Waals surface area contributed by atoms with Crippen LogP contribution in [-0.4, -0.2) is 5.97 Å². The molecule has 0 aliphatic carbocycles. The molecule has 0 aliphatic heterocycles. The molecule has 0 spiro atoms. The van der Waals surface area contributed by atoms with Crippen LogP contribution in [0.25, 0.3) is 9.40 Å². The van der Waals surface area contributed by atoms with Crippen molar-refractivity contribution in [1.29, 1.82) is 5.26 Å². The standard InChI is InChI=1S/C8H4N2O2S2/c9-2-3-6-4(14-7(3)10)1-5(13-6)8(11)12/h1H,10H2,(H,11,12)/p-1. The SMILES string of the molecule is N#Cc1c(N)sc2cc(C(=O)[O-])sc12. The van der Waals surface area contributed by atoms with E-state index < -0.39 is 5.97 Å². The van der Waals surface area contributed by atoms with Gasteiger partial charge in [0, 0.05) is 4.70 Å². The first-order valence-corrected chi connectivity index (χ1v) is 5.20. The third-order valence-electron chi connectivity index (χ3n) is 1.70. The maximum Gasteiger partial charge on any atom is 0.106 e. The van der Waals surface area contributed by atoms with Crippen molar-refractivity contribution in [2.24, 2.45) is 0 Å². The fourth-order valence-electron chi connectivity index (χ4n) is 1.11. The van der Waals surface area contributed by atoms with E-state index in [1.165, 1.54) is 17.4 Å². The van der Waals surface area contributed by atoms with Gasteiger partial charge < -0.3 is 15.6 Å². The number of hydrogen-bond acceptors (Lipinski definition) is 6. The van der Waals surface area contributed by atoms with Crippen LogP contribution in [0, 0.1) is 11.3 Å². The average molecular weight is 223 g/mol. The molecule has 0 radical (unpaired) electrons. The molecule has 2 aromatic heterocycles. The Balaban J connectivity index is 2.76. The second-order valence-electron chi connectivity index (χ2n) is 2.54. The maximum atomic E-state index is 10.5. The van der Waals surface area contributed by atoms with Gasteiger partial charge in [-0.3, -0.25) is 0 Å². The zero-order chi connectivity index (χ0) is 10.3. The number of anilines is 1. The summed E-state index contributed by atoms with van der Waals surface area (Å²) in [5.41, 5.74) is 5.94. The summed E-state index contributed by atoms with van der Waals surface area (Å²) in [6.07, 6.45) is 0. The molecule has 2 aromatic rings. The maximum absolute atomic E-state index is 10.5. The van der Waals surface area contributed by atoms with Gasteiger partial charge in [-0.1, -0.05) is 0 Å². The van der Waals surface area contributed by atoms with E-state index in [0.717, 1.165) is 16.0 Å². The number of thiophene rings is 2. The van der Waals surface area contributed by atoms with Crippen LogP contribution in [0.1, 0.15) is 15.2 Å². The van der Waals surface area contributed by atoms with Crippen LogP contribution in [0.15, 0.2) is 6.07 Å². The number of nitrogens with two attached hydrogens (primary N) is 1. The highest BCUT2D eigenvalue weighted by Gasteiger charge is 2.13. The van der Waals surface area contributed by atoms with Crippen molar-refractivity contribution in [3.8, 4) is 6.07 Å². The number of nitrogens with zero attached hydrogens (tertiary/aromatic N) is 1. The Morgan fingerprint density at radius 3 is 2.86 bits per heavy atom. The number of carbonyl (C=O) groups is 1. The molecule has 0 saturated carbocycles. The minimum Gasteiger partial charge on any atom is -0.544 e. The molecule has 0 amide bonds. The summed E-state index contributed by atoms with van der Waals surface area (Å²) >= 11 is 2.24. The number of rotatable bonds is 1. The zero-order valence-electron chi connectivity index (χ0n) is 6.73. The molecule has 0 aliphatic rings. The molecule has 70 valence electrons. The smallest absolute Gasteiger partial charge is 0.106 e. The van der Waals surface area contributed by atoms with Crippen LogP contribution in [0.3, 0.4) is 0 Å². The molecule has 2 heterocycles. The van der Waals surface area contributed by atoms with E-state index in [2.05, 4.69) is 0 Å². The summed E-state index contributed by atoms with van der Waals surface area (Å²) in [6, 6.07) is 3.44. The Morgan fingerprint density at radius 1 is 1.57 bits per heavy atom. The first kappa shape index (κ1) is 8.99. The molecule has 6 heteroatoms. The Labute approximate surface area is 86.8 Å². The van der Waals surface area contributed by atoms with Crippen LogP contribution < -0.4 is 10.8 Å². The predicted octanol–water partition coefficient (Wildman–Crippen LogP) is 0.780. The lowest BCUT2D eigenvalue weighted by Gasteiger charge is -1.93. The normalized spacial score (nSPS) is 10.2. The minimum atomic E-state index is -1.22. The van der Waals surface area contributed by atoms with Crippen molar-refractivity contribution < 1.29 is 9.90 Å². The predicted molar refractivity (Wildman–Crippen MR) is 53.2 cm³/mol. The largest absolute Gasteiger partial charge is 0.544 e. The highest BCUT2D eigenvalue weighted by molar-refractivity contribution is 7.30. The summed E-state index contributed by atoms with van der Waals surface area (Å²) in [7, 11) is 0. The Bertz CT molecular complexity index is 562. The second-order valence-corrected chi connectivity index (χ2v) is 4.68. The van der Waals surface area contributed by atoms with E-state index in [1.54, 1.807) is 0 Å².